The second-order valence-electron chi connectivity index (χ2n) is 5.02. The van der Waals surface area contributed by atoms with Crippen molar-refractivity contribution in [1.29, 1.82) is 0 Å². The normalized spacial score (nSPS) is 14.5. The van der Waals surface area contributed by atoms with Gasteiger partial charge in [-0.1, -0.05) is 13.8 Å². The number of rotatable bonds is 5. The highest BCUT2D eigenvalue weighted by atomic mass is 16.5. The Hall–Kier alpha value is -1.22. The van der Waals surface area contributed by atoms with Crippen LogP contribution in [0, 0.1) is 5.92 Å². The van der Waals surface area contributed by atoms with Crippen molar-refractivity contribution in [2.24, 2.45) is 11.7 Å². The summed E-state index contributed by atoms with van der Waals surface area (Å²) in [6.07, 6.45) is 0.769. The third-order valence-electron chi connectivity index (χ3n) is 3.38. The molecule has 2 N–H and O–H groups in total. The molecule has 3 heteroatoms. The van der Waals surface area contributed by atoms with Crippen molar-refractivity contribution in [2.45, 2.75) is 32.7 Å². The summed E-state index contributed by atoms with van der Waals surface area (Å²) < 4.78 is 10.6. The number of nitrogens with two attached hydrogens (primary N) is 1. The monoisotopic (exact) mass is 237 g/mol. The van der Waals surface area contributed by atoms with Crippen LogP contribution in [0.3, 0.4) is 0 Å². The van der Waals surface area contributed by atoms with Gasteiger partial charge in [0, 0.05) is 5.54 Å². The van der Waals surface area contributed by atoms with E-state index in [2.05, 4.69) is 20.8 Å². The molecule has 0 aromatic heterocycles. The average Bonchev–Trinajstić information content (AvgIpc) is 2.28. The number of methoxy groups -OCH3 is 2. The zero-order valence-electron chi connectivity index (χ0n) is 11.4. The third kappa shape index (κ3) is 3.37. The third-order valence-corrected chi connectivity index (χ3v) is 3.38. The molecule has 0 heterocycles. The summed E-state index contributed by atoms with van der Waals surface area (Å²) in [5, 5.41) is 0. The molecule has 1 aromatic rings. The summed E-state index contributed by atoms with van der Waals surface area (Å²) in [6, 6.07) is 5.81. The largest absolute Gasteiger partial charge is 0.497 e. The van der Waals surface area contributed by atoms with Crippen molar-refractivity contribution >= 4 is 0 Å². The van der Waals surface area contributed by atoms with Crippen LogP contribution >= 0.6 is 0 Å². The van der Waals surface area contributed by atoms with Gasteiger partial charge >= 0.3 is 0 Å². The van der Waals surface area contributed by atoms with E-state index in [9.17, 15) is 0 Å². The van der Waals surface area contributed by atoms with Crippen molar-refractivity contribution in [3.63, 3.8) is 0 Å². The molecule has 1 unspecified atom stereocenters. The fraction of sp³-hybridized carbons (Fsp3) is 0.571. The summed E-state index contributed by atoms with van der Waals surface area (Å²) in [6.45, 7) is 6.33. The Morgan fingerprint density at radius 3 is 2.35 bits per heavy atom. The van der Waals surface area contributed by atoms with Gasteiger partial charge in [0.1, 0.15) is 11.5 Å². The molecular formula is C14H23NO2. The summed E-state index contributed by atoms with van der Waals surface area (Å²) in [5.74, 6) is 2.10. The summed E-state index contributed by atoms with van der Waals surface area (Å²) in [4.78, 5) is 0. The van der Waals surface area contributed by atoms with E-state index in [-0.39, 0.29) is 5.54 Å². The molecular weight excluding hydrogens is 214 g/mol. The van der Waals surface area contributed by atoms with E-state index >= 15 is 0 Å². The fourth-order valence-corrected chi connectivity index (χ4v) is 1.63. The topological polar surface area (TPSA) is 44.5 Å². The fourth-order valence-electron chi connectivity index (χ4n) is 1.63. The Morgan fingerprint density at radius 1 is 1.24 bits per heavy atom. The smallest absolute Gasteiger partial charge is 0.122 e. The quantitative estimate of drug-likeness (QED) is 0.856. The number of hydrogen-bond donors (Lipinski definition) is 1. The molecule has 0 saturated heterocycles. The molecule has 0 saturated carbocycles. The Kier molecular flexibility index (Phi) is 4.40. The Bertz CT molecular complexity index is 372. The van der Waals surface area contributed by atoms with Crippen LogP contribution in [0.15, 0.2) is 18.2 Å². The summed E-state index contributed by atoms with van der Waals surface area (Å²) >= 11 is 0. The molecule has 0 aliphatic rings. The zero-order chi connectivity index (χ0) is 13.1. The maximum atomic E-state index is 6.31. The van der Waals surface area contributed by atoms with E-state index in [1.54, 1.807) is 14.2 Å². The molecule has 0 amide bonds. The summed E-state index contributed by atoms with van der Waals surface area (Å²) in [7, 11) is 3.34. The van der Waals surface area contributed by atoms with Gasteiger partial charge in [-0.15, -0.1) is 0 Å². The van der Waals surface area contributed by atoms with Gasteiger partial charge in [0.25, 0.3) is 0 Å². The molecule has 1 rings (SSSR count). The molecule has 0 aliphatic heterocycles. The minimum atomic E-state index is -0.250. The van der Waals surface area contributed by atoms with Gasteiger partial charge < -0.3 is 15.2 Å². The van der Waals surface area contributed by atoms with Crippen molar-refractivity contribution in [3.8, 4) is 11.5 Å². The Morgan fingerprint density at radius 2 is 1.88 bits per heavy atom. The zero-order valence-corrected chi connectivity index (χ0v) is 11.4. The lowest BCUT2D eigenvalue weighted by Crippen LogP contribution is -2.43. The predicted molar refractivity (Wildman–Crippen MR) is 70.7 cm³/mol. The maximum Gasteiger partial charge on any atom is 0.122 e. The van der Waals surface area contributed by atoms with Crippen LogP contribution in [0.4, 0.5) is 0 Å². The second kappa shape index (κ2) is 5.41. The van der Waals surface area contributed by atoms with E-state index < -0.39 is 0 Å². The van der Waals surface area contributed by atoms with Gasteiger partial charge in [-0.3, -0.25) is 0 Å². The molecule has 3 nitrogen and oxygen atoms in total. The van der Waals surface area contributed by atoms with E-state index in [0.717, 1.165) is 23.5 Å². The van der Waals surface area contributed by atoms with Crippen LogP contribution in [0.5, 0.6) is 11.5 Å². The van der Waals surface area contributed by atoms with Crippen LogP contribution in [-0.2, 0) is 6.42 Å². The predicted octanol–water partition coefficient (Wildman–Crippen LogP) is 2.62. The van der Waals surface area contributed by atoms with Crippen molar-refractivity contribution < 1.29 is 9.47 Å². The van der Waals surface area contributed by atoms with Gasteiger partial charge in [-0.05, 0) is 43.0 Å². The van der Waals surface area contributed by atoms with Crippen molar-refractivity contribution in [3.05, 3.63) is 23.8 Å². The lowest BCUT2D eigenvalue weighted by Gasteiger charge is -2.30. The van der Waals surface area contributed by atoms with Crippen molar-refractivity contribution in [1.82, 2.24) is 0 Å². The van der Waals surface area contributed by atoms with Gasteiger partial charge in [0.2, 0.25) is 0 Å². The second-order valence-corrected chi connectivity index (χ2v) is 5.02. The van der Waals surface area contributed by atoms with Crippen LogP contribution in [0.1, 0.15) is 26.3 Å². The Labute approximate surface area is 104 Å². The lowest BCUT2D eigenvalue weighted by molar-refractivity contribution is 0.328. The van der Waals surface area contributed by atoms with Crippen LogP contribution in [0.25, 0.3) is 0 Å². The van der Waals surface area contributed by atoms with Gasteiger partial charge in [-0.25, -0.2) is 0 Å². The molecule has 0 radical (unpaired) electrons. The molecule has 0 fully saturated rings. The Balaban J connectivity index is 3.03. The lowest BCUT2D eigenvalue weighted by atomic mass is 9.83. The first-order valence-electron chi connectivity index (χ1n) is 5.90. The molecule has 96 valence electrons. The van der Waals surface area contributed by atoms with Crippen LogP contribution < -0.4 is 15.2 Å². The molecule has 1 aromatic carbocycles. The highest BCUT2D eigenvalue weighted by Crippen LogP contribution is 2.29. The molecule has 0 aliphatic carbocycles. The van der Waals surface area contributed by atoms with Gasteiger partial charge in [0.15, 0.2) is 0 Å². The van der Waals surface area contributed by atoms with Crippen LogP contribution in [0.2, 0.25) is 0 Å². The highest BCUT2D eigenvalue weighted by molar-refractivity contribution is 5.41. The molecule has 17 heavy (non-hydrogen) atoms. The first-order chi connectivity index (χ1) is 7.90. The van der Waals surface area contributed by atoms with Gasteiger partial charge in [-0.2, -0.15) is 0 Å². The first-order valence-corrected chi connectivity index (χ1v) is 5.90. The molecule has 0 bridgehead atoms. The van der Waals surface area contributed by atoms with E-state index in [1.807, 2.05) is 18.2 Å². The first kappa shape index (κ1) is 13.8. The standard InChI is InChI=1S/C14H23NO2/c1-10(2)14(3,15)9-11-8-12(16-4)6-7-13(11)17-5/h6-8,10H,9,15H2,1-5H3. The highest BCUT2D eigenvalue weighted by Gasteiger charge is 2.25. The number of hydrogen-bond acceptors (Lipinski definition) is 3. The maximum absolute atomic E-state index is 6.31. The minimum Gasteiger partial charge on any atom is -0.497 e. The number of ether oxygens (including phenoxy) is 2. The van der Waals surface area contributed by atoms with Crippen molar-refractivity contribution in [2.75, 3.05) is 14.2 Å². The summed E-state index contributed by atoms with van der Waals surface area (Å²) in [5.41, 5.74) is 7.15. The van der Waals surface area contributed by atoms with E-state index in [0.29, 0.717) is 5.92 Å². The van der Waals surface area contributed by atoms with E-state index in [4.69, 9.17) is 15.2 Å². The SMILES string of the molecule is COc1ccc(OC)c(CC(C)(N)C(C)C)c1. The van der Waals surface area contributed by atoms with E-state index in [1.165, 1.54) is 0 Å². The van der Waals surface area contributed by atoms with Crippen LogP contribution in [-0.4, -0.2) is 19.8 Å². The molecule has 1 atom stereocenters. The minimum absolute atomic E-state index is 0.250. The van der Waals surface area contributed by atoms with Gasteiger partial charge in [0.05, 0.1) is 14.2 Å². The number of benzene rings is 1. The average molecular weight is 237 g/mol. The molecule has 0 spiro atoms.